The number of rotatable bonds is 3. The van der Waals surface area contributed by atoms with Gasteiger partial charge in [0.15, 0.2) is 17.4 Å². The Kier molecular flexibility index (Phi) is 3.35. The number of aliphatic hydroxyl groups is 1. The number of fused-ring (bicyclic) bond motifs is 1. The monoisotopic (exact) mass is 304 g/mol. The third-order valence-electron chi connectivity index (χ3n) is 3.83. The van der Waals surface area contributed by atoms with Gasteiger partial charge in [-0.2, -0.15) is 15.2 Å². The molecule has 0 amide bonds. The van der Waals surface area contributed by atoms with E-state index in [0.29, 0.717) is 17.6 Å². The second-order valence-electron chi connectivity index (χ2n) is 5.44. The van der Waals surface area contributed by atoms with Gasteiger partial charge in [-0.1, -0.05) is 0 Å². The molecule has 0 saturated carbocycles. The zero-order valence-corrected chi connectivity index (χ0v) is 12.2. The zero-order valence-electron chi connectivity index (χ0n) is 12.2. The number of nitrogens with zero attached hydrogens (tertiary/aromatic N) is 5. The Balaban J connectivity index is 2.14. The van der Waals surface area contributed by atoms with Gasteiger partial charge in [0.05, 0.1) is 32.2 Å². The number of methoxy groups -OCH3 is 1. The minimum atomic E-state index is -0.812. The summed E-state index contributed by atoms with van der Waals surface area (Å²) < 4.78 is 12.6. The number of anilines is 1. The average Bonchev–Trinajstić information content (AvgIpc) is 3.07. The van der Waals surface area contributed by atoms with Gasteiger partial charge in [-0.3, -0.25) is 4.57 Å². The molecule has 0 spiro atoms. The van der Waals surface area contributed by atoms with Gasteiger partial charge in [-0.05, 0) is 13.3 Å². The lowest BCUT2D eigenvalue weighted by atomic mass is 9.87. The van der Waals surface area contributed by atoms with Crippen LogP contribution in [-0.4, -0.2) is 44.4 Å². The fourth-order valence-corrected chi connectivity index (χ4v) is 2.76. The van der Waals surface area contributed by atoms with Crippen LogP contribution < -0.4 is 10.5 Å². The van der Waals surface area contributed by atoms with Gasteiger partial charge < -0.3 is 20.3 Å². The van der Waals surface area contributed by atoms with Crippen molar-refractivity contribution in [2.75, 3.05) is 19.5 Å². The van der Waals surface area contributed by atoms with Gasteiger partial charge >= 0.3 is 0 Å². The summed E-state index contributed by atoms with van der Waals surface area (Å²) in [5.41, 5.74) is 5.74. The van der Waals surface area contributed by atoms with Crippen LogP contribution in [-0.2, 0) is 4.74 Å². The van der Waals surface area contributed by atoms with E-state index in [4.69, 9.17) is 15.2 Å². The van der Waals surface area contributed by atoms with E-state index in [1.165, 1.54) is 13.4 Å². The minimum absolute atomic E-state index is 0.0430. The highest BCUT2D eigenvalue weighted by molar-refractivity contribution is 5.77. The van der Waals surface area contributed by atoms with E-state index in [1.54, 1.807) is 11.5 Å². The number of nitrogen functional groups attached to an aromatic ring is 1. The molecule has 2 aromatic rings. The van der Waals surface area contributed by atoms with Gasteiger partial charge in [0.1, 0.15) is 5.41 Å². The Labute approximate surface area is 126 Å². The van der Waals surface area contributed by atoms with E-state index >= 15 is 0 Å². The van der Waals surface area contributed by atoms with Crippen LogP contribution in [0.15, 0.2) is 6.33 Å². The highest BCUT2D eigenvalue weighted by atomic mass is 16.5. The molecule has 0 aliphatic carbocycles. The van der Waals surface area contributed by atoms with Crippen molar-refractivity contribution in [3.05, 3.63) is 6.33 Å². The topological polar surface area (TPSA) is 132 Å². The lowest BCUT2D eigenvalue weighted by molar-refractivity contribution is -0.0384. The Hall–Kier alpha value is -2.44. The van der Waals surface area contributed by atoms with E-state index < -0.39 is 17.7 Å². The molecule has 1 fully saturated rings. The summed E-state index contributed by atoms with van der Waals surface area (Å²) in [7, 11) is 1.47. The van der Waals surface area contributed by atoms with E-state index in [9.17, 15) is 10.4 Å². The van der Waals surface area contributed by atoms with Crippen molar-refractivity contribution in [1.82, 2.24) is 19.5 Å². The predicted molar refractivity (Wildman–Crippen MR) is 75.6 cm³/mol. The Bertz CT molecular complexity index is 754. The fraction of sp³-hybridized carbons (Fsp3) is 0.538. The quantitative estimate of drug-likeness (QED) is 0.823. The van der Waals surface area contributed by atoms with Crippen molar-refractivity contribution in [3.63, 3.8) is 0 Å². The van der Waals surface area contributed by atoms with Crippen molar-refractivity contribution >= 4 is 17.1 Å². The van der Waals surface area contributed by atoms with Crippen molar-refractivity contribution in [3.8, 4) is 11.9 Å². The Morgan fingerprint density at radius 3 is 3.05 bits per heavy atom. The van der Waals surface area contributed by atoms with E-state index in [2.05, 4.69) is 21.0 Å². The number of ether oxygens (including phenoxy) is 2. The lowest BCUT2D eigenvalue weighted by Crippen LogP contribution is -2.24. The van der Waals surface area contributed by atoms with Crippen molar-refractivity contribution < 1.29 is 14.6 Å². The van der Waals surface area contributed by atoms with Gasteiger partial charge in [-0.15, -0.1) is 0 Å². The molecule has 3 rings (SSSR count). The molecule has 1 aliphatic heterocycles. The van der Waals surface area contributed by atoms with Crippen LogP contribution in [0.1, 0.15) is 19.6 Å². The average molecular weight is 304 g/mol. The largest absolute Gasteiger partial charge is 0.479 e. The summed E-state index contributed by atoms with van der Waals surface area (Å²) in [6, 6.07) is 2.26. The third-order valence-corrected chi connectivity index (χ3v) is 3.83. The molecule has 116 valence electrons. The molecule has 3 atom stereocenters. The fourth-order valence-electron chi connectivity index (χ4n) is 2.76. The smallest absolute Gasteiger partial charge is 0.246 e. The van der Waals surface area contributed by atoms with Crippen LogP contribution in [0.4, 0.5) is 5.95 Å². The van der Waals surface area contributed by atoms with Crippen molar-refractivity contribution in [2.24, 2.45) is 5.41 Å². The Morgan fingerprint density at radius 1 is 1.64 bits per heavy atom. The summed E-state index contributed by atoms with van der Waals surface area (Å²) in [6.07, 6.45) is 0.899. The SMILES string of the molecule is COc1nc(N)nc2c1ncn2[C@@H]1O[C@H](CO)C[C@@]1(C)C#N. The summed E-state index contributed by atoms with van der Waals surface area (Å²) in [5, 5.41) is 18.8. The highest BCUT2D eigenvalue weighted by Crippen LogP contribution is 2.45. The summed E-state index contributed by atoms with van der Waals surface area (Å²) in [4.78, 5) is 12.4. The van der Waals surface area contributed by atoms with Crippen LogP contribution in [0.5, 0.6) is 5.88 Å². The molecule has 0 unspecified atom stereocenters. The molecule has 3 N–H and O–H groups in total. The van der Waals surface area contributed by atoms with Crippen LogP contribution in [0.25, 0.3) is 11.2 Å². The van der Waals surface area contributed by atoms with Crippen LogP contribution in [0, 0.1) is 16.7 Å². The van der Waals surface area contributed by atoms with E-state index in [1.807, 2.05) is 0 Å². The number of imidazole rings is 1. The Morgan fingerprint density at radius 2 is 2.41 bits per heavy atom. The molecule has 1 aliphatic rings. The van der Waals surface area contributed by atoms with Crippen LogP contribution in [0.2, 0.25) is 0 Å². The number of nitrogens with two attached hydrogens (primary N) is 1. The maximum absolute atomic E-state index is 9.51. The first-order valence-electron chi connectivity index (χ1n) is 6.74. The van der Waals surface area contributed by atoms with E-state index in [0.717, 1.165) is 0 Å². The summed E-state index contributed by atoms with van der Waals surface area (Å²) >= 11 is 0. The first-order chi connectivity index (χ1) is 10.5. The second-order valence-corrected chi connectivity index (χ2v) is 5.44. The zero-order chi connectivity index (χ0) is 15.9. The minimum Gasteiger partial charge on any atom is -0.479 e. The number of aromatic nitrogens is 4. The van der Waals surface area contributed by atoms with Gasteiger partial charge in [0.25, 0.3) is 0 Å². The summed E-state index contributed by atoms with van der Waals surface area (Å²) in [6.45, 7) is 1.63. The van der Waals surface area contributed by atoms with Gasteiger partial charge in [-0.25, -0.2) is 4.98 Å². The van der Waals surface area contributed by atoms with Gasteiger partial charge in [0.2, 0.25) is 11.8 Å². The third kappa shape index (κ3) is 2.04. The number of hydrogen-bond acceptors (Lipinski definition) is 8. The molecule has 22 heavy (non-hydrogen) atoms. The van der Waals surface area contributed by atoms with Crippen LogP contribution >= 0.6 is 0 Å². The highest BCUT2D eigenvalue weighted by Gasteiger charge is 2.47. The van der Waals surface area contributed by atoms with Crippen LogP contribution in [0.3, 0.4) is 0 Å². The molecule has 9 nitrogen and oxygen atoms in total. The molecule has 1 saturated heterocycles. The molecule has 0 radical (unpaired) electrons. The maximum Gasteiger partial charge on any atom is 0.246 e. The first kappa shape index (κ1) is 14.5. The predicted octanol–water partition coefficient (Wildman–Crippen LogP) is 0.227. The van der Waals surface area contributed by atoms with Gasteiger partial charge in [0, 0.05) is 0 Å². The van der Waals surface area contributed by atoms with Crippen molar-refractivity contribution in [1.29, 1.82) is 5.26 Å². The molecular formula is C13H16N6O3. The molecule has 0 bridgehead atoms. The van der Waals surface area contributed by atoms with E-state index in [-0.39, 0.29) is 18.4 Å². The number of nitriles is 1. The number of hydrogen-bond donors (Lipinski definition) is 2. The second kappa shape index (κ2) is 5.08. The lowest BCUT2D eigenvalue weighted by Gasteiger charge is -2.23. The first-order valence-corrected chi connectivity index (χ1v) is 6.74. The standard InChI is InChI=1S/C13H16N6O3/c1-13(5-14)3-7(4-20)22-11(13)19-6-16-8-9(19)17-12(15)18-10(8)21-2/h6-7,11,20H,3-4H2,1-2H3,(H2,15,17,18)/t7-,11+,13-/m0/s1. The maximum atomic E-state index is 9.51. The summed E-state index contributed by atoms with van der Waals surface area (Å²) in [5.74, 6) is 0.304. The van der Waals surface area contributed by atoms with Crippen molar-refractivity contribution in [2.45, 2.75) is 25.7 Å². The number of aliphatic hydroxyl groups excluding tert-OH is 1. The molecular weight excluding hydrogens is 288 g/mol. The normalized spacial score (nSPS) is 27.9. The molecule has 2 aromatic heterocycles. The molecule has 3 heterocycles. The molecule has 9 heteroatoms. The molecule has 0 aromatic carbocycles.